The number of pyridine rings is 1. The van der Waals surface area contributed by atoms with Gasteiger partial charge in [-0.2, -0.15) is 0 Å². The summed E-state index contributed by atoms with van der Waals surface area (Å²) in [7, 11) is 3.65. The molecule has 1 saturated carbocycles. The first kappa shape index (κ1) is 16.1. The molecule has 0 aliphatic heterocycles. The average molecular weight is 310 g/mol. The Hall–Kier alpha value is -1.29. The number of halogens is 1. The topological polar surface area (TPSA) is 45.2 Å². The molecule has 0 aromatic carbocycles. The number of anilines is 1. The molecule has 116 valence electrons. The Bertz CT molecular complexity index is 520. The maximum Gasteiger partial charge on any atom is 0.255 e. The van der Waals surface area contributed by atoms with Gasteiger partial charge in [-0.1, -0.05) is 25.4 Å². The SMILES string of the molecule is CNc1cc(C(=O)N(C)C2CCC(C)(C)CC2)c(Cl)cn1. The number of carbonyl (C=O) groups excluding carboxylic acids is 1. The Kier molecular flexibility index (Phi) is 4.77. The molecule has 4 nitrogen and oxygen atoms in total. The molecule has 1 aliphatic rings. The van der Waals surface area contributed by atoms with E-state index >= 15 is 0 Å². The van der Waals surface area contributed by atoms with Gasteiger partial charge in [-0.25, -0.2) is 4.98 Å². The van der Waals surface area contributed by atoms with Crippen molar-refractivity contribution < 1.29 is 4.79 Å². The van der Waals surface area contributed by atoms with Gasteiger partial charge in [0, 0.05) is 26.3 Å². The van der Waals surface area contributed by atoms with Crippen molar-refractivity contribution in [3.63, 3.8) is 0 Å². The summed E-state index contributed by atoms with van der Waals surface area (Å²) in [6.45, 7) is 4.59. The smallest absolute Gasteiger partial charge is 0.255 e. The van der Waals surface area contributed by atoms with Gasteiger partial charge in [-0.3, -0.25) is 4.79 Å². The highest BCUT2D eigenvalue weighted by molar-refractivity contribution is 6.33. The zero-order valence-electron chi connectivity index (χ0n) is 13.2. The Morgan fingerprint density at radius 2 is 2.05 bits per heavy atom. The van der Waals surface area contributed by atoms with Crippen LogP contribution in [-0.2, 0) is 0 Å². The second kappa shape index (κ2) is 6.22. The number of amides is 1. The normalized spacial score (nSPS) is 18.3. The van der Waals surface area contributed by atoms with Crippen LogP contribution >= 0.6 is 11.6 Å². The van der Waals surface area contributed by atoms with Crippen LogP contribution in [0.5, 0.6) is 0 Å². The number of rotatable bonds is 3. The Morgan fingerprint density at radius 1 is 1.43 bits per heavy atom. The molecule has 0 atom stereocenters. The van der Waals surface area contributed by atoms with Crippen LogP contribution in [-0.4, -0.2) is 35.9 Å². The predicted octanol–water partition coefficient (Wildman–Crippen LogP) is 3.82. The molecule has 1 heterocycles. The summed E-state index contributed by atoms with van der Waals surface area (Å²) < 4.78 is 0. The van der Waals surface area contributed by atoms with Gasteiger partial charge in [0.05, 0.1) is 10.6 Å². The Labute approximate surface area is 131 Å². The molecule has 1 N–H and O–H groups in total. The molecule has 21 heavy (non-hydrogen) atoms. The standard InChI is InChI=1S/C16H24ClN3O/c1-16(2)7-5-11(6-8-16)20(4)15(21)12-9-14(18-3)19-10-13(12)17/h9-11H,5-8H2,1-4H3,(H,18,19). The highest BCUT2D eigenvalue weighted by atomic mass is 35.5. The van der Waals surface area contributed by atoms with Crippen LogP contribution in [0.2, 0.25) is 5.02 Å². The third-order valence-electron chi connectivity index (χ3n) is 4.52. The van der Waals surface area contributed by atoms with Crippen molar-refractivity contribution in [1.82, 2.24) is 9.88 Å². The average Bonchev–Trinajstić information content (AvgIpc) is 2.46. The Morgan fingerprint density at radius 3 is 2.62 bits per heavy atom. The summed E-state index contributed by atoms with van der Waals surface area (Å²) in [4.78, 5) is 18.6. The fourth-order valence-corrected chi connectivity index (χ4v) is 3.05. The monoisotopic (exact) mass is 309 g/mol. The van der Waals surface area contributed by atoms with Crippen LogP contribution in [0.25, 0.3) is 0 Å². The summed E-state index contributed by atoms with van der Waals surface area (Å²) in [5.74, 6) is 0.629. The fourth-order valence-electron chi connectivity index (χ4n) is 2.87. The minimum absolute atomic E-state index is 0.0244. The molecule has 5 heteroatoms. The van der Waals surface area contributed by atoms with Gasteiger partial charge in [0.15, 0.2) is 0 Å². The summed E-state index contributed by atoms with van der Waals surface area (Å²) in [5, 5.41) is 3.34. The van der Waals surface area contributed by atoms with Crippen LogP contribution in [0.15, 0.2) is 12.3 Å². The second-order valence-electron chi connectivity index (χ2n) is 6.61. The number of hydrogen-bond donors (Lipinski definition) is 1. The van der Waals surface area contributed by atoms with Gasteiger partial charge in [0.1, 0.15) is 5.82 Å². The van der Waals surface area contributed by atoms with Gasteiger partial charge in [-0.05, 0) is 37.2 Å². The van der Waals surface area contributed by atoms with E-state index in [-0.39, 0.29) is 5.91 Å². The molecule has 1 aliphatic carbocycles. The van der Waals surface area contributed by atoms with E-state index in [1.54, 1.807) is 13.1 Å². The van der Waals surface area contributed by atoms with E-state index < -0.39 is 0 Å². The first-order valence-corrected chi connectivity index (χ1v) is 7.82. The number of nitrogens with one attached hydrogen (secondary N) is 1. The molecule has 1 aromatic heterocycles. The third kappa shape index (κ3) is 3.67. The molecule has 1 amide bonds. The predicted molar refractivity (Wildman–Crippen MR) is 86.9 cm³/mol. The number of carbonyl (C=O) groups is 1. The molecule has 2 rings (SSSR count). The van der Waals surface area contributed by atoms with Crippen molar-refractivity contribution in [2.45, 2.75) is 45.6 Å². The molecular weight excluding hydrogens is 286 g/mol. The molecule has 0 saturated heterocycles. The minimum atomic E-state index is -0.0244. The molecule has 0 spiro atoms. The zero-order valence-corrected chi connectivity index (χ0v) is 14.0. The van der Waals surface area contributed by atoms with Crippen LogP contribution in [0.4, 0.5) is 5.82 Å². The first-order valence-electron chi connectivity index (χ1n) is 7.44. The van der Waals surface area contributed by atoms with E-state index in [9.17, 15) is 4.79 Å². The molecule has 0 bridgehead atoms. The highest BCUT2D eigenvalue weighted by Gasteiger charge is 2.31. The summed E-state index contributed by atoms with van der Waals surface area (Å²) in [5.41, 5.74) is 0.914. The van der Waals surface area contributed by atoms with Gasteiger partial charge >= 0.3 is 0 Å². The van der Waals surface area contributed by atoms with E-state index in [2.05, 4.69) is 24.1 Å². The van der Waals surface area contributed by atoms with Crippen molar-refractivity contribution in [3.8, 4) is 0 Å². The van der Waals surface area contributed by atoms with Crippen molar-refractivity contribution in [2.75, 3.05) is 19.4 Å². The van der Waals surface area contributed by atoms with Crippen LogP contribution in [0.3, 0.4) is 0 Å². The van der Waals surface area contributed by atoms with Gasteiger partial charge in [0.25, 0.3) is 5.91 Å². The van der Waals surface area contributed by atoms with Gasteiger partial charge < -0.3 is 10.2 Å². The van der Waals surface area contributed by atoms with Crippen LogP contribution in [0, 0.1) is 5.41 Å². The lowest BCUT2D eigenvalue weighted by Gasteiger charge is -2.38. The highest BCUT2D eigenvalue weighted by Crippen LogP contribution is 2.37. The lowest BCUT2D eigenvalue weighted by Crippen LogP contribution is -2.41. The fraction of sp³-hybridized carbons (Fsp3) is 0.625. The van der Waals surface area contributed by atoms with Crippen molar-refractivity contribution in [1.29, 1.82) is 0 Å². The minimum Gasteiger partial charge on any atom is -0.373 e. The molecule has 0 unspecified atom stereocenters. The number of nitrogens with zero attached hydrogens (tertiary/aromatic N) is 2. The second-order valence-corrected chi connectivity index (χ2v) is 7.02. The van der Waals surface area contributed by atoms with E-state index in [0.717, 1.165) is 25.7 Å². The van der Waals surface area contributed by atoms with E-state index in [0.29, 0.717) is 27.9 Å². The van der Waals surface area contributed by atoms with Crippen molar-refractivity contribution >= 4 is 23.3 Å². The molecular formula is C16H24ClN3O. The number of hydrogen-bond acceptors (Lipinski definition) is 3. The van der Waals surface area contributed by atoms with Crippen molar-refractivity contribution in [2.24, 2.45) is 5.41 Å². The lowest BCUT2D eigenvalue weighted by atomic mass is 9.75. The lowest BCUT2D eigenvalue weighted by molar-refractivity contribution is 0.0635. The first-order chi connectivity index (χ1) is 9.84. The molecule has 1 aromatic rings. The number of aromatic nitrogens is 1. The summed E-state index contributed by atoms with van der Waals surface area (Å²) in [6, 6.07) is 2.02. The van der Waals surface area contributed by atoms with Gasteiger partial charge in [0.2, 0.25) is 0 Å². The molecule has 1 fully saturated rings. The maximum absolute atomic E-state index is 12.7. The quantitative estimate of drug-likeness (QED) is 0.923. The summed E-state index contributed by atoms with van der Waals surface area (Å²) in [6.07, 6.45) is 5.94. The van der Waals surface area contributed by atoms with E-state index in [1.807, 2.05) is 11.9 Å². The Balaban J connectivity index is 2.13. The van der Waals surface area contributed by atoms with Crippen molar-refractivity contribution in [3.05, 3.63) is 22.8 Å². The summed E-state index contributed by atoms with van der Waals surface area (Å²) >= 11 is 6.14. The maximum atomic E-state index is 12.7. The van der Waals surface area contributed by atoms with Crippen LogP contribution < -0.4 is 5.32 Å². The van der Waals surface area contributed by atoms with Gasteiger partial charge in [-0.15, -0.1) is 0 Å². The van der Waals surface area contributed by atoms with E-state index in [4.69, 9.17) is 11.6 Å². The van der Waals surface area contributed by atoms with E-state index in [1.165, 1.54) is 6.20 Å². The zero-order chi connectivity index (χ0) is 15.6. The molecule has 0 radical (unpaired) electrons. The van der Waals surface area contributed by atoms with Crippen LogP contribution in [0.1, 0.15) is 49.9 Å². The third-order valence-corrected chi connectivity index (χ3v) is 4.82. The largest absolute Gasteiger partial charge is 0.373 e.